The Labute approximate surface area is 167 Å². The number of hydrogen-bond acceptors (Lipinski definition) is 4. The first-order chi connectivity index (χ1) is 13.4. The zero-order valence-electron chi connectivity index (χ0n) is 17.1. The lowest BCUT2D eigenvalue weighted by molar-refractivity contribution is -0.121. The normalized spacial score (nSPS) is 10.2. The first kappa shape index (κ1) is 21.3. The molecule has 148 valence electrons. The van der Waals surface area contributed by atoms with E-state index in [0.717, 1.165) is 6.42 Å². The minimum absolute atomic E-state index is 0.0258. The molecule has 0 aliphatic heterocycles. The Balaban J connectivity index is 1.72. The molecule has 0 unspecified atom stereocenters. The second-order valence-corrected chi connectivity index (χ2v) is 6.91. The number of nitrogens with zero attached hydrogens (tertiary/aromatic N) is 1. The summed E-state index contributed by atoms with van der Waals surface area (Å²) in [6.45, 7) is 7.37. The number of hydrogen-bond donors (Lipinski definition) is 1. The van der Waals surface area contributed by atoms with Gasteiger partial charge in [-0.25, -0.2) is 0 Å². The number of rotatable bonds is 9. The fourth-order valence-electron chi connectivity index (χ4n) is 3.29. The van der Waals surface area contributed by atoms with Gasteiger partial charge in [-0.15, -0.1) is 0 Å². The molecule has 1 N–H and O–H groups in total. The van der Waals surface area contributed by atoms with Crippen LogP contribution in [0.15, 0.2) is 30.3 Å². The molecule has 0 saturated heterocycles. The summed E-state index contributed by atoms with van der Waals surface area (Å²) in [6, 6.07) is 11.5. The van der Waals surface area contributed by atoms with Crippen LogP contribution in [0.1, 0.15) is 40.7 Å². The minimum Gasteiger partial charge on any atom is -0.493 e. The van der Waals surface area contributed by atoms with Gasteiger partial charge in [0.05, 0.1) is 25.3 Å². The third-order valence-electron chi connectivity index (χ3n) is 4.64. The van der Waals surface area contributed by atoms with Gasteiger partial charge in [-0.1, -0.05) is 17.7 Å². The average molecular weight is 380 g/mol. The van der Waals surface area contributed by atoms with Crippen molar-refractivity contribution in [2.45, 2.75) is 40.0 Å². The summed E-state index contributed by atoms with van der Waals surface area (Å²) in [5.41, 5.74) is 5.64. The number of carbonyl (C=O) groups excluding carboxylic acids is 1. The van der Waals surface area contributed by atoms with E-state index in [2.05, 4.69) is 44.3 Å². The van der Waals surface area contributed by atoms with Crippen LogP contribution >= 0.6 is 0 Å². The molecule has 0 bridgehead atoms. The number of carbonyl (C=O) groups is 1. The van der Waals surface area contributed by atoms with Crippen molar-refractivity contribution in [3.05, 3.63) is 58.1 Å². The molecule has 0 fully saturated rings. The second kappa shape index (κ2) is 10.4. The zero-order chi connectivity index (χ0) is 20.5. The average Bonchev–Trinajstić information content (AvgIpc) is 2.67. The van der Waals surface area contributed by atoms with E-state index in [0.29, 0.717) is 43.1 Å². The van der Waals surface area contributed by atoms with Gasteiger partial charge in [0.25, 0.3) is 0 Å². The van der Waals surface area contributed by atoms with Crippen LogP contribution in [0.2, 0.25) is 0 Å². The summed E-state index contributed by atoms with van der Waals surface area (Å²) < 4.78 is 10.9. The highest BCUT2D eigenvalue weighted by molar-refractivity contribution is 5.75. The quantitative estimate of drug-likeness (QED) is 0.667. The van der Waals surface area contributed by atoms with Gasteiger partial charge < -0.3 is 14.8 Å². The maximum absolute atomic E-state index is 12.0. The lowest BCUT2D eigenvalue weighted by atomic mass is 9.97. The smallest absolute Gasteiger partial charge is 0.220 e. The van der Waals surface area contributed by atoms with Gasteiger partial charge in [-0.3, -0.25) is 4.79 Å². The maximum Gasteiger partial charge on any atom is 0.220 e. The summed E-state index contributed by atoms with van der Waals surface area (Å²) in [5, 5.41) is 11.9. The minimum atomic E-state index is 0.0258. The Morgan fingerprint density at radius 2 is 1.82 bits per heavy atom. The molecule has 28 heavy (non-hydrogen) atoms. The van der Waals surface area contributed by atoms with Crippen LogP contribution in [0.3, 0.4) is 0 Å². The van der Waals surface area contributed by atoms with Gasteiger partial charge in [0.15, 0.2) is 11.5 Å². The van der Waals surface area contributed by atoms with Crippen LogP contribution in [-0.4, -0.2) is 26.2 Å². The first-order valence-corrected chi connectivity index (χ1v) is 9.49. The van der Waals surface area contributed by atoms with E-state index in [9.17, 15) is 4.79 Å². The van der Waals surface area contributed by atoms with Crippen LogP contribution in [0.4, 0.5) is 0 Å². The van der Waals surface area contributed by atoms with Gasteiger partial charge in [0.1, 0.15) is 0 Å². The third-order valence-corrected chi connectivity index (χ3v) is 4.64. The Kier molecular flexibility index (Phi) is 7.88. The molecule has 1 amide bonds. The van der Waals surface area contributed by atoms with Gasteiger partial charge in [0, 0.05) is 19.0 Å². The molecule has 5 heteroatoms. The van der Waals surface area contributed by atoms with E-state index < -0.39 is 0 Å². The Bertz CT molecular complexity index is 846. The highest BCUT2D eigenvalue weighted by Gasteiger charge is 2.08. The Morgan fingerprint density at radius 3 is 2.46 bits per heavy atom. The molecule has 0 aliphatic carbocycles. The number of amides is 1. The monoisotopic (exact) mass is 380 g/mol. The molecule has 5 nitrogen and oxygen atoms in total. The molecule has 0 spiro atoms. The molecule has 0 saturated carbocycles. The molecular weight excluding hydrogens is 352 g/mol. The molecule has 0 heterocycles. The lowest BCUT2D eigenvalue weighted by Crippen LogP contribution is -2.26. The van der Waals surface area contributed by atoms with Crippen molar-refractivity contribution < 1.29 is 14.3 Å². The van der Waals surface area contributed by atoms with Crippen molar-refractivity contribution in [3.8, 4) is 17.6 Å². The van der Waals surface area contributed by atoms with Crippen molar-refractivity contribution in [3.63, 3.8) is 0 Å². The lowest BCUT2D eigenvalue weighted by Gasteiger charge is -2.12. The number of nitrogens with one attached hydrogen (secondary N) is 1. The van der Waals surface area contributed by atoms with E-state index in [4.69, 9.17) is 14.7 Å². The molecule has 2 rings (SSSR count). The van der Waals surface area contributed by atoms with Gasteiger partial charge in [-0.05, 0) is 62.4 Å². The van der Waals surface area contributed by atoms with Crippen molar-refractivity contribution in [1.29, 1.82) is 5.26 Å². The van der Waals surface area contributed by atoms with E-state index >= 15 is 0 Å². The van der Waals surface area contributed by atoms with Gasteiger partial charge in [0.2, 0.25) is 5.91 Å². The molecule has 0 atom stereocenters. The van der Waals surface area contributed by atoms with Crippen molar-refractivity contribution in [2.24, 2.45) is 0 Å². The standard InChI is InChI=1S/C23H28N2O3/c1-16-12-17(2)20(18(3)13-16)9-10-25-23(26)6-5-11-28-21-8-7-19(15-24)14-22(21)27-4/h7-8,12-14H,5-6,9-11H2,1-4H3,(H,25,26). The Morgan fingerprint density at radius 1 is 1.11 bits per heavy atom. The Hall–Kier alpha value is -3.00. The van der Waals surface area contributed by atoms with Crippen LogP contribution in [0, 0.1) is 32.1 Å². The van der Waals surface area contributed by atoms with Crippen molar-refractivity contribution >= 4 is 5.91 Å². The van der Waals surface area contributed by atoms with E-state index in [-0.39, 0.29) is 5.91 Å². The largest absolute Gasteiger partial charge is 0.493 e. The molecule has 0 aliphatic rings. The summed E-state index contributed by atoms with van der Waals surface area (Å²) in [5.74, 6) is 1.12. The van der Waals surface area contributed by atoms with E-state index in [1.165, 1.54) is 29.4 Å². The SMILES string of the molecule is COc1cc(C#N)ccc1OCCCC(=O)NCCc1c(C)cc(C)cc1C. The summed E-state index contributed by atoms with van der Waals surface area (Å²) in [4.78, 5) is 12.0. The molecule has 0 radical (unpaired) electrons. The van der Waals surface area contributed by atoms with Crippen LogP contribution in [0.5, 0.6) is 11.5 Å². The highest BCUT2D eigenvalue weighted by atomic mass is 16.5. The zero-order valence-corrected chi connectivity index (χ0v) is 17.1. The fraction of sp³-hybridized carbons (Fsp3) is 0.391. The fourth-order valence-corrected chi connectivity index (χ4v) is 3.29. The molecule has 2 aromatic carbocycles. The maximum atomic E-state index is 12.0. The second-order valence-electron chi connectivity index (χ2n) is 6.91. The predicted molar refractivity (Wildman–Crippen MR) is 110 cm³/mol. The van der Waals surface area contributed by atoms with Crippen LogP contribution < -0.4 is 14.8 Å². The van der Waals surface area contributed by atoms with Crippen LogP contribution in [-0.2, 0) is 11.2 Å². The molecule has 2 aromatic rings. The predicted octanol–water partition coefficient (Wildman–Crippen LogP) is 4.01. The number of methoxy groups -OCH3 is 1. The first-order valence-electron chi connectivity index (χ1n) is 9.49. The summed E-state index contributed by atoms with van der Waals surface area (Å²) in [6.07, 6.45) is 1.85. The van der Waals surface area contributed by atoms with E-state index in [1.807, 2.05) is 0 Å². The number of benzene rings is 2. The number of nitriles is 1. The summed E-state index contributed by atoms with van der Waals surface area (Å²) >= 11 is 0. The number of ether oxygens (including phenoxy) is 2. The summed E-state index contributed by atoms with van der Waals surface area (Å²) in [7, 11) is 1.54. The van der Waals surface area contributed by atoms with E-state index in [1.54, 1.807) is 18.2 Å². The third kappa shape index (κ3) is 6.02. The van der Waals surface area contributed by atoms with Gasteiger partial charge in [-0.2, -0.15) is 5.26 Å². The number of aryl methyl sites for hydroxylation is 3. The molecule has 0 aromatic heterocycles. The van der Waals surface area contributed by atoms with Gasteiger partial charge >= 0.3 is 0 Å². The van der Waals surface area contributed by atoms with Crippen LogP contribution in [0.25, 0.3) is 0 Å². The highest BCUT2D eigenvalue weighted by Crippen LogP contribution is 2.27. The van der Waals surface area contributed by atoms with Crippen molar-refractivity contribution in [1.82, 2.24) is 5.32 Å². The molecular formula is C23H28N2O3. The van der Waals surface area contributed by atoms with Crippen molar-refractivity contribution in [2.75, 3.05) is 20.3 Å². The topological polar surface area (TPSA) is 71.3 Å².